The van der Waals surface area contributed by atoms with Crippen LogP contribution in [0.25, 0.3) is 22.6 Å². The van der Waals surface area contributed by atoms with E-state index in [0.717, 1.165) is 41.3 Å². The van der Waals surface area contributed by atoms with Crippen LogP contribution >= 0.6 is 11.6 Å². The predicted octanol–water partition coefficient (Wildman–Crippen LogP) is 4.99. The average molecular weight is 357 g/mol. The van der Waals surface area contributed by atoms with Crippen LogP contribution in [0.5, 0.6) is 5.75 Å². The van der Waals surface area contributed by atoms with Gasteiger partial charge in [0.05, 0.1) is 6.61 Å². The van der Waals surface area contributed by atoms with Crippen LogP contribution in [0.3, 0.4) is 0 Å². The molecule has 3 rings (SSSR count). The van der Waals surface area contributed by atoms with Crippen molar-refractivity contribution in [1.82, 2.24) is 10.1 Å². The van der Waals surface area contributed by atoms with Crippen molar-refractivity contribution >= 4 is 11.6 Å². The molecule has 0 N–H and O–H groups in total. The van der Waals surface area contributed by atoms with Gasteiger partial charge in [0.25, 0.3) is 0 Å². The first-order valence-electron chi connectivity index (χ1n) is 8.22. The fourth-order valence-corrected chi connectivity index (χ4v) is 2.58. The van der Waals surface area contributed by atoms with Crippen molar-refractivity contribution in [3.8, 4) is 28.3 Å². The minimum Gasteiger partial charge on any atom is -0.494 e. The Hall–Kier alpha value is -2.30. The van der Waals surface area contributed by atoms with Gasteiger partial charge in [-0.2, -0.15) is 0 Å². The first kappa shape index (κ1) is 17.5. The maximum atomic E-state index is 5.92. The lowest BCUT2D eigenvalue weighted by Gasteiger charge is -2.10. The third-order valence-corrected chi connectivity index (χ3v) is 4.06. The van der Waals surface area contributed by atoms with Gasteiger partial charge in [-0.1, -0.05) is 16.8 Å². The number of rotatable bonds is 7. The summed E-state index contributed by atoms with van der Waals surface area (Å²) >= 11 is 5.92. The lowest BCUT2D eigenvalue weighted by molar-refractivity contribution is 0.281. The van der Waals surface area contributed by atoms with Crippen molar-refractivity contribution in [3.63, 3.8) is 0 Å². The molecule has 25 heavy (non-hydrogen) atoms. The molecule has 130 valence electrons. The Morgan fingerprint density at radius 2 is 1.68 bits per heavy atom. The second kappa shape index (κ2) is 8.19. The largest absolute Gasteiger partial charge is 0.494 e. The average Bonchev–Trinajstić information content (AvgIpc) is 3.10. The Bertz CT molecular complexity index is 795. The molecule has 3 aromatic rings. The molecule has 0 spiro atoms. The fraction of sp³-hybridized carbons (Fsp3) is 0.250. The van der Waals surface area contributed by atoms with Crippen molar-refractivity contribution in [2.75, 3.05) is 27.2 Å². The summed E-state index contributed by atoms with van der Waals surface area (Å²) in [7, 11) is 4.12. The smallest absolute Gasteiger partial charge is 0.167 e. The normalized spacial score (nSPS) is 11.0. The summed E-state index contributed by atoms with van der Waals surface area (Å²) in [6, 6.07) is 17.3. The highest BCUT2D eigenvalue weighted by molar-refractivity contribution is 6.30. The van der Waals surface area contributed by atoms with Gasteiger partial charge in [-0.15, -0.1) is 0 Å². The predicted molar refractivity (Wildman–Crippen MR) is 101 cm³/mol. The van der Waals surface area contributed by atoms with Crippen molar-refractivity contribution in [2.24, 2.45) is 0 Å². The van der Waals surface area contributed by atoms with E-state index in [-0.39, 0.29) is 0 Å². The van der Waals surface area contributed by atoms with Gasteiger partial charge in [0, 0.05) is 28.8 Å². The SMILES string of the molecule is CN(C)CCCOc1ccc(-c2cc(-c3ccc(Cl)cc3)on2)cc1. The lowest BCUT2D eigenvalue weighted by atomic mass is 10.1. The molecule has 1 aromatic heterocycles. The number of halogens is 1. The van der Waals surface area contributed by atoms with E-state index in [9.17, 15) is 0 Å². The molecule has 0 aliphatic heterocycles. The molecule has 4 nitrogen and oxygen atoms in total. The summed E-state index contributed by atoms with van der Waals surface area (Å²) in [6.45, 7) is 1.73. The zero-order valence-electron chi connectivity index (χ0n) is 14.4. The minimum atomic E-state index is 0.699. The van der Waals surface area contributed by atoms with E-state index in [1.54, 1.807) is 0 Å². The van der Waals surface area contributed by atoms with E-state index in [0.29, 0.717) is 11.6 Å². The standard InChI is InChI=1S/C20H21ClN2O2/c1-23(2)12-3-13-24-18-10-6-15(7-11-18)19-14-20(25-22-19)16-4-8-17(21)9-5-16/h4-11,14H,3,12-13H2,1-2H3. The summed E-state index contributed by atoms with van der Waals surface area (Å²) < 4.78 is 11.2. The van der Waals surface area contributed by atoms with Crippen molar-refractivity contribution in [2.45, 2.75) is 6.42 Å². The number of aromatic nitrogens is 1. The van der Waals surface area contributed by atoms with Crippen LogP contribution < -0.4 is 4.74 Å². The Labute approximate surface area is 153 Å². The molecule has 0 radical (unpaired) electrons. The molecule has 0 atom stereocenters. The van der Waals surface area contributed by atoms with E-state index in [1.807, 2.05) is 54.6 Å². The third kappa shape index (κ3) is 4.84. The molecule has 0 aliphatic carbocycles. The van der Waals surface area contributed by atoms with Crippen LogP contribution in [0.2, 0.25) is 5.02 Å². The second-order valence-corrected chi connectivity index (χ2v) is 6.55. The van der Waals surface area contributed by atoms with Crippen molar-refractivity contribution < 1.29 is 9.26 Å². The van der Waals surface area contributed by atoms with E-state index < -0.39 is 0 Å². The maximum absolute atomic E-state index is 5.92. The van der Waals surface area contributed by atoms with Crippen LogP contribution in [-0.2, 0) is 0 Å². The Balaban J connectivity index is 1.63. The monoisotopic (exact) mass is 356 g/mol. The molecule has 0 fully saturated rings. The zero-order chi connectivity index (χ0) is 17.6. The van der Waals surface area contributed by atoms with Gasteiger partial charge in [0.2, 0.25) is 0 Å². The van der Waals surface area contributed by atoms with Gasteiger partial charge in [-0.25, -0.2) is 0 Å². The quantitative estimate of drug-likeness (QED) is 0.559. The number of nitrogens with zero attached hydrogens (tertiary/aromatic N) is 2. The van der Waals surface area contributed by atoms with Gasteiger partial charge in [-0.05, 0) is 69.0 Å². The fourth-order valence-electron chi connectivity index (χ4n) is 2.45. The number of benzene rings is 2. The summed E-state index contributed by atoms with van der Waals surface area (Å²) in [5.41, 5.74) is 2.73. The van der Waals surface area contributed by atoms with Gasteiger partial charge in [0.1, 0.15) is 11.4 Å². The van der Waals surface area contributed by atoms with Crippen LogP contribution in [-0.4, -0.2) is 37.3 Å². The first-order chi connectivity index (χ1) is 12.1. The topological polar surface area (TPSA) is 38.5 Å². The van der Waals surface area contributed by atoms with Crippen LogP contribution in [0.4, 0.5) is 0 Å². The highest BCUT2D eigenvalue weighted by Crippen LogP contribution is 2.28. The molecule has 0 bridgehead atoms. The highest BCUT2D eigenvalue weighted by atomic mass is 35.5. The molecule has 0 saturated heterocycles. The maximum Gasteiger partial charge on any atom is 0.167 e. The lowest BCUT2D eigenvalue weighted by Crippen LogP contribution is -2.15. The molecular weight excluding hydrogens is 336 g/mol. The molecule has 0 saturated carbocycles. The number of hydrogen-bond donors (Lipinski definition) is 0. The van der Waals surface area contributed by atoms with Crippen LogP contribution in [0, 0.1) is 0 Å². The van der Waals surface area contributed by atoms with Crippen molar-refractivity contribution in [1.29, 1.82) is 0 Å². The minimum absolute atomic E-state index is 0.699. The molecule has 5 heteroatoms. The number of hydrogen-bond acceptors (Lipinski definition) is 4. The summed E-state index contributed by atoms with van der Waals surface area (Å²) in [5.74, 6) is 1.58. The van der Waals surface area contributed by atoms with Gasteiger partial charge < -0.3 is 14.2 Å². The summed E-state index contributed by atoms with van der Waals surface area (Å²) in [4.78, 5) is 2.15. The Morgan fingerprint density at radius 3 is 2.36 bits per heavy atom. The van der Waals surface area contributed by atoms with Gasteiger partial charge >= 0.3 is 0 Å². The van der Waals surface area contributed by atoms with E-state index in [4.69, 9.17) is 20.9 Å². The van der Waals surface area contributed by atoms with E-state index in [1.165, 1.54) is 0 Å². The Morgan fingerprint density at radius 1 is 1.00 bits per heavy atom. The first-order valence-corrected chi connectivity index (χ1v) is 8.60. The van der Waals surface area contributed by atoms with Gasteiger partial charge in [0.15, 0.2) is 5.76 Å². The molecule has 2 aromatic carbocycles. The van der Waals surface area contributed by atoms with E-state index >= 15 is 0 Å². The molecular formula is C20H21ClN2O2. The molecule has 1 heterocycles. The second-order valence-electron chi connectivity index (χ2n) is 6.11. The van der Waals surface area contributed by atoms with E-state index in [2.05, 4.69) is 24.2 Å². The van der Waals surface area contributed by atoms with Crippen LogP contribution in [0.15, 0.2) is 59.1 Å². The highest BCUT2D eigenvalue weighted by Gasteiger charge is 2.09. The molecule has 0 amide bonds. The number of ether oxygens (including phenoxy) is 1. The molecule has 0 aliphatic rings. The summed E-state index contributed by atoms with van der Waals surface area (Å²) in [6.07, 6.45) is 1.00. The van der Waals surface area contributed by atoms with Crippen LogP contribution in [0.1, 0.15) is 6.42 Å². The van der Waals surface area contributed by atoms with Crippen molar-refractivity contribution in [3.05, 3.63) is 59.6 Å². The zero-order valence-corrected chi connectivity index (χ0v) is 15.2. The summed E-state index contributed by atoms with van der Waals surface area (Å²) in [5, 5.41) is 4.85. The van der Waals surface area contributed by atoms with Gasteiger partial charge in [-0.3, -0.25) is 0 Å². The molecule has 0 unspecified atom stereocenters. The third-order valence-electron chi connectivity index (χ3n) is 3.81. The Kier molecular flexibility index (Phi) is 5.74.